The Kier molecular flexibility index (Phi) is 10.2. The highest BCUT2D eigenvalue weighted by Crippen LogP contribution is 2.00. The van der Waals surface area contributed by atoms with Gasteiger partial charge in [-0.2, -0.15) is 24.5 Å². The molecule has 0 saturated carbocycles. The van der Waals surface area contributed by atoms with Crippen molar-refractivity contribution in [2.45, 2.75) is 19.3 Å². The molecule has 0 aliphatic rings. The largest absolute Gasteiger partial charge is 0.320 e. The highest BCUT2D eigenvalue weighted by Gasteiger charge is 2.15. The molecule has 5 nitrogen and oxygen atoms in total. The predicted octanol–water partition coefficient (Wildman–Crippen LogP) is 0.505. The Morgan fingerprint density at radius 1 is 1.18 bits per heavy atom. The van der Waals surface area contributed by atoms with E-state index in [1.54, 1.807) is 18.8 Å². The van der Waals surface area contributed by atoms with Crippen LogP contribution in [0.15, 0.2) is 0 Å². The van der Waals surface area contributed by atoms with Gasteiger partial charge in [-0.3, -0.25) is 0 Å². The van der Waals surface area contributed by atoms with Crippen LogP contribution in [0.2, 0.25) is 0 Å². The van der Waals surface area contributed by atoms with Crippen molar-refractivity contribution in [2.24, 2.45) is 0 Å². The van der Waals surface area contributed by atoms with Crippen LogP contribution in [0.3, 0.4) is 0 Å². The zero-order valence-corrected chi connectivity index (χ0v) is 12.7. The molecule has 0 spiro atoms. The molecular formula is C10H25N3O2S2. The average molecular weight is 283 g/mol. The Hall–Kier alpha value is 0.180. The van der Waals surface area contributed by atoms with Gasteiger partial charge in [0.05, 0.1) is 0 Å². The van der Waals surface area contributed by atoms with Crippen LogP contribution in [0.4, 0.5) is 0 Å². The molecule has 104 valence electrons. The molecule has 0 saturated heterocycles. The maximum absolute atomic E-state index is 11.7. The summed E-state index contributed by atoms with van der Waals surface area (Å²) in [4.78, 5) is 0. The third-order valence-corrected chi connectivity index (χ3v) is 4.64. The van der Waals surface area contributed by atoms with E-state index in [2.05, 4.69) is 16.3 Å². The summed E-state index contributed by atoms with van der Waals surface area (Å²) in [5, 5.41) is 3.00. The monoisotopic (exact) mass is 283 g/mol. The molecule has 17 heavy (non-hydrogen) atoms. The van der Waals surface area contributed by atoms with Crippen molar-refractivity contribution in [3.63, 3.8) is 0 Å². The maximum Gasteiger partial charge on any atom is 0.279 e. The molecule has 0 aromatic carbocycles. The molecule has 0 heterocycles. The van der Waals surface area contributed by atoms with Gasteiger partial charge in [0.1, 0.15) is 0 Å². The summed E-state index contributed by atoms with van der Waals surface area (Å²) in [6.07, 6.45) is 4.82. The van der Waals surface area contributed by atoms with Gasteiger partial charge in [0.25, 0.3) is 10.2 Å². The number of hydrogen-bond acceptors (Lipinski definition) is 4. The second-order valence-corrected chi connectivity index (χ2v) is 6.73. The van der Waals surface area contributed by atoms with E-state index in [-0.39, 0.29) is 0 Å². The maximum atomic E-state index is 11.7. The van der Waals surface area contributed by atoms with Crippen LogP contribution < -0.4 is 10.0 Å². The third kappa shape index (κ3) is 8.84. The lowest BCUT2D eigenvalue weighted by atomic mass is 10.3. The van der Waals surface area contributed by atoms with Gasteiger partial charge >= 0.3 is 0 Å². The normalized spacial score (nSPS) is 12.2. The van der Waals surface area contributed by atoms with Gasteiger partial charge in [0, 0.05) is 20.1 Å². The number of rotatable bonds is 11. The summed E-state index contributed by atoms with van der Waals surface area (Å²) in [7, 11) is 0.191. The summed E-state index contributed by atoms with van der Waals surface area (Å²) in [6, 6.07) is 0. The molecule has 0 fully saturated rings. The van der Waals surface area contributed by atoms with Gasteiger partial charge < -0.3 is 5.32 Å². The number of thioether (sulfide) groups is 1. The second kappa shape index (κ2) is 10.1. The quantitative estimate of drug-likeness (QED) is 0.542. The summed E-state index contributed by atoms with van der Waals surface area (Å²) in [5.41, 5.74) is 0. The van der Waals surface area contributed by atoms with Gasteiger partial charge in [-0.1, -0.05) is 0 Å². The Morgan fingerprint density at radius 3 is 2.47 bits per heavy atom. The molecule has 2 N–H and O–H groups in total. The minimum atomic E-state index is -3.28. The molecule has 0 aliphatic carbocycles. The number of nitrogens with one attached hydrogen (secondary N) is 2. The Bertz CT molecular complexity index is 271. The fourth-order valence-electron chi connectivity index (χ4n) is 1.28. The number of nitrogens with zero attached hydrogens (tertiary/aromatic N) is 1. The smallest absolute Gasteiger partial charge is 0.279 e. The topological polar surface area (TPSA) is 61.4 Å². The van der Waals surface area contributed by atoms with E-state index < -0.39 is 10.2 Å². The van der Waals surface area contributed by atoms with Crippen LogP contribution in [-0.2, 0) is 10.2 Å². The molecule has 0 rings (SSSR count). The summed E-state index contributed by atoms with van der Waals surface area (Å²) < 4.78 is 27.5. The van der Waals surface area contributed by atoms with Gasteiger partial charge in [-0.25, -0.2) is 4.72 Å². The number of unbranched alkanes of at least 4 members (excludes halogenated alkanes) is 1. The first-order chi connectivity index (χ1) is 8.04. The first-order valence-corrected chi connectivity index (χ1v) is 8.72. The van der Waals surface area contributed by atoms with Crippen molar-refractivity contribution in [3.8, 4) is 0 Å². The van der Waals surface area contributed by atoms with Gasteiger partial charge in [-0.15, -0.1) is 0 Å². The van der Waals surface area contributed by atoms with Crippen LogP contribution in [0, 0.1) is 0 Å². The third-order valence-electron chi connectivity index (χ3n) is 2.37. The lowest BCUT2D eigenvalue weighted by Crippen LogP contribution is -2.39. The molecule has 0 unspecified atom stereocenters. The van der Waals surface area contributed by atoms with E-state index in [4.69, 9.17) is 0 Å². The van der Waals surface area contributed by atoms with Crippen molar-refractivity contribution in [3.05, 3.63) is 0 Å². The molecule has 0 bridgehead atoms. The fourth-order valence-corrected chi connectivity index (χ4v) is 2.77. The summed E-state index contributed by atoms with van der Waals surface area (Å²) in [6.45, 7) is 1.90. The molecule has 0 amide bonds. The van der Waals surface area contributed by atoms with Crippen molar-refractivity contribution in [1.29, 1.82) is 0 Å². The van der Waals surface area contributed by atoms with E-state index in [9.17, 15) is 8.42 Å². The molecule has 0 aromatic rings. The van der Waals surface area contributed by atoms with Crippen molar-refractivity contribution < 1.29 is 8.42 Å². The van der Waals surface area contributed by atoms with Crippen LogP contribution in [0.1, 0.15) is 19.3 Å². The first-order valence-electron chi connectivity index (χ1n) is 5.89. The average Bonchev–Trinajstić information content (AvgIpc) is 2.29. The minimum absolute atomic E-state index is 0.527. The Balaban J connectivity index is 3.77. The zero-order chi connectivity index (χ0) is 13.1. The Labute approximate surface area is 110 Å². The first kappa shape index (κ1) is 17.2. The fraction of sp³-hybridized carbons (Fsp3) is 1.00. The lowest BCUT2D eigenvalue weighted by molar-refractivity contribution is 0.447. The lowest BCUT2D eigenvalue weighted by Gasteiger charge is -2.17. The van der Waals surface area contributed by atoms with Crippen molar-refractivity contribution in [1.82, 2.24) is 14.3 Å². The highest BCUT2D eigenvalue weighted by atomic mass is 32.2. The molecule has 7 heteroatoms. The molecule has 0 aromatic heterocycles. The summed E-state index contributed by atoms with van der Waals surface area (Å²) in [5.74, 6) is 1.08. The van der Waals surface area contributed by atoms with Crippen LogP contribution >= 0.6 is 11.8 Å². The zero-order valence-electron chi connectivity index (χ0n) is 11.0. The van der Waals surface area contributed by atoms with Crippen LogP contribution in [-0.4, -0.2) is 58.5 Å². The van der Waals surface area contributed by atoms with Crippen LogP contribution in [0.25, 0.3) is 0 Å². The minimum Gasteiger partial charge on any atom is -0.320 e. The predicted molar refractivity (Wildman–Crippen MR) is 75.7 cm³/mol. The van der Waals surface area contributed by atoms with E-state index in [1.807, 2.05) is 7.05 Å². The van der Waals surface area contributed by atoms with Crippen molar-refractivity contribution >= 4 is 22.0 Å². The van der Waals surface area contributed by atoms with E-state index in [0.717, 1.165) is 31.6 Å². The number of hydrogen-bond donors (Lipinski definition) is 2. The van der Waals surface area contributed by atoms with Crippen molar-refractivity contribution in [2.75, 3.05) is 45.7 Å². The summed E-state index contributed by atoms with van der Waals surface area (Å²) >= 11 is 1.78. The van der Waals surface area contributed by atoms with Gasteiger partial charge in [0.2, 0.25) is 0 Å². The SMILES string of the molecule is CNCCCN(C)S(=O)(=O)NCCCCSC. The highest BCUT2D eigenvalue weighted by molar-refractivity contribution is 7.98. The standard InChI is InChI=1S/C10H25N3O2S2/c1-11-7-6-9-13(2)17(14,15)12-8-4-5-10-16-3/h11-12H,4-10H2,1-3H3. The second-order valence-electron chi connectivity index (χ2n) is 3.88. The Morgan fingerprint density at radius 2 is 1.88 bits per heavy atom. The molecule has 0 atom stereocenters. The molecule has 0 radical (unpaired) electrons. The van der Waals surface area contributed by atoms with Gasteiger partial charge in [-0.05, 0) is 44.9 Å². The van der Waals surface area contributed by atoms with Crippen LogP contribution in [0.5, 0.6) is 0 Å². The molecular weight excluding hydrogens is 258 g/mol. The molecule has 0 aliphatic heterocycles. The van der Waals surface area contributed by atoms with E-state index in [0.29, 0.717) is 13.1 Å². The van der Waals surface area contributed by atoms with E-state index >= 15 is 0 Å². The van der Waals surface area contributed by atoms with E-state index in [1.165, 1.54) is 4.31 Å². The van der Waals surface area contributed by atoms with Gasteiger partial charge in [0.15, 0.2) is 0 Å².